The average molecular weight is 211 g/mol. The molecule has 15 heavy (non-hydrogen) atoms. The molecule has 1 heterocycles. The highest BCUT2D eigenvalue weighted by atomic mass is 16.5. The second kappa shape index (κ2) is 5.19. The van der Waals surface area contributed by atoms with Crippen LogP contribution in [0.1, 0.15) is 24.2 Å². The Labute approximate surface area is 87.7 Å². The number of nitrogens with zero attached hydrogens (tertiary/aromatic N) is 1. The van der Waals surface area contributed by atoms with E-state index in [4.69, 9.17) is 14.6 Å². The highest BCUT2D eigenvalue weighted by molar-refractivity contribution is 5.90. The monoisotopic (exact) mass is 211 g/mol. The quantitative estimate of drug-likeness (QED) is 0.800. The second-order valence-corrected chi connectivity index (χ2v) is 2.67. The molecule has 1 aromatic heterocycles. The lowest BCUT2D eigenvalue weighted by Crippen LogP contribution is -2.06. The summed E-state index contributed by atoms with van der Waals surface area (Å²) in [4.78, 5) is 14.8. The standard InChI is InChI=1S/C10H13NO4/c1-3-14-8-6-5-7(10(12)13)9(11-8)15-4-2/h5-6H,3-4H2,1-2H3,(H,12,13). The van der Waals surface area contributed by atoms with Gasteiger partial charge in [-0.2, -0.15) is 4.98 Å². The van der Waals surface area contributed by atoms with Crippen molar-refractivity contribution in [2.24, 2.45) is 0 Å². The summed E-state index contributed by atoms with van der Waals surface area (Å²) in [6, 6.07) is 2.93. The van der Waals surface area contributed by atoms with Crippen molar-refractivity contribution in [3.8, 4) is 11.8 Å². The van der Waals surface area contributed by atoms with E-state index in [1.54, 1.807) is 6.92 Å². The third-order valence-corrected chi connectivity index (χ3v) is 1.64. The van der Waals surface area contributed by atoms with E-state index < -0.39 is 5.97 Å². The van der Waals surface area contributed by atoms with Crippen molar-refractivity contribution in [2.45, 2.75) is 13.8 Å². The van der Waals surface area contributed by atoms with Gasteiger partial charge in [-0.25, -0.2) is 4.79 Å². The molecule has 0 bridgehead atoms. The molecule has 0 fully saturated rings. The fraction of sp³-hybridized carbons (Fsp3) is 0.400. The van der Waals surface area contributed by atoms with E-state index in [0.29, 0.717) is 19.1 Å². The Morgan fingerprint density at radius 2 is 2.00 bits per heavy atom. The van der Waals surface area contributed by atoms with Crippen LogP contribution in [0, 0.1) is 0 Å². The van der Waals surface area contributed by atoms with E-state index in [1.165, 1.54) is 12.1 Å². The fourth-order valence-corrected chi connectivity index (χ4v) is 1.06. The zero-order chi connectivity index (χ0) is 11.3. The maximum atomic E-state index is 10.8. The van der Waals surface area contributed by atoms with E-state index in [0.717, 1.165) is 0 Å². The fourth-order valence-electron chi connectivity index (χ4n) is 1.06. The van der Waals surface area contributed by atoms with Crippen LogP contribution in [-0.2, 0) is 0 Å². The van der Waals surface area contributed by atoms with Crippen molar-refractivity contribution in [1.82, 2.24) is 4.98 Å². The first-order valence-corrected chi connectivity index (χ1v) is 4.69. The number of carboxylic acids is 1. The largest absolute Gasteiger partial charge is 0.478 e. The third kappa shape index (κ3) is 2.83. The summed E-state index contributed by atoms with van der Waals surface area (Å²) < 4.78 is 10.3. The van der Waals surface area contributed by atoms with Crippen molar-refractivity contribution in [1.29, 1.82) is 0 Å². The molecule has 82 valence electrons. The van der Waals surface area contributed by atoms with Gasteiger partial charge in [-0.1, -0.05) is 0 Å². The summed E-state index contributed by atoms with van der Waals surface area (Å²) >= 11 is 0. The Hall–Kier alpha value is -1.78. The number of hydrogen-bond donors (Lipinski definition) is 1. The Kier molecular flexibility index (Phi) is 3.91. The number of aromatic carboxylic acids is 1. The Balaban J connectivity index is 3.03. The van der Waals surface area contributed by atoms with Gasteiger partial charge in [-0.3, -0.25) is 0 Å². The smallest absolute Gasteiger partial charge is 0.341 e. The number of carbonyl (C=O) groups is 1. The van der Waals surface area contributed by atoms with Gasteiger partial charge in [0.25, 0.3) is 0 Å². The van der Waals surface area contributed by atoms with E-state index >= 15 is 0 Å². The first kappa shape index (κ1) is 11.3. The van der Waals surface area contributed by atoms with Crippen LogP contribution < -0.4 is 9.47 Å². The van der Waals surface area contributed by atoms with E-state index in [-0.39, 0.29) is 11.4 Å². The van der Waals surface area contributed by atoms with Gasteiger partial charge in [0.15, 0.2) is 0 Å². The molecule has 1 rings (SSSR count). The van der Waals surface area contributed by atoms with Crippen LogP contribution in [0.5, 0.6) is 11.8 Å². The predicted octanol–water partition coefficient (Wildman–Crippen LogP) is 1.58. The number of hydrogen-bond acceptors (Lipinski definition) is 4. The van der Waals surface area contributed by atoms with Gasteiger partial charge in [0.2, 0.25) is 11.8 Å². The van der Waals surface area contributed by atoms with Crippen LogP contribution in [0.4, 0.5) is 0 Å². The van der Waals surface area contributed by atoms with Gasteiger partial charge < -0.3 is 14.6 Å². The Morgan fingerprint density at radius 3 is 2.53 bits per heavy atom. The lowest BCUT2D eigenvalue weighted by molar-refractivity contribution is 0.0691. The van der Waals surface area contributed by atoms with Gasteiger partial charge in [-0.05, 0) is 19.9 Å². The van der Waals surface area contributed by atoms with Crippen LogP contribution in [0.25, 0.3) is 0 Å². The maximum absolute atomic E-state index is 10.8. The summed E-state index contributed by atoms with van der Waals surface area (Å²) in [6.07, 6.45) is 0. The molecule has 5 heteroatoms. The molecular weight excluding hydrogens is 198 g/mol. The van der Waals surface area contributed by atoms with Crippen LogP contribution in [0.15, 0.2) is 12.1 Å². The molecule has 1 aromatic rings. The molecule has 0 radical (unpaired) electrons. The second-order valence-electron chi connectivity index (χ2n) is 2.67. The number of rotatable bonds is 5. The molecule has 1 N–H and O–H groups in total. The molecule has 0 amide bonds. The minimum atomic E-state index is -1.06. The van der Waals surface area contributed by atoms with Crippen molar-refractivity contribution in [2.75, 3.05) is 13.2 Å². The SMILES string of the molecule is CCOc1ccc(C(=O)O)c(OCC)n1. The topological polar surface area (TPSA) is 68.7 Å². The molecule has 0 saturated carbocycles. The van der Waals surface area contributed by atoms with E-state index in [2.05, 4.69) is 4.98 Å². The number of aromatic nitrogens is 1. The predicted molar refractivity (Wildman–Crippen MR) is 53.5 cm³/mol. The first-order valence-electron chi connectivity index (χ1n) is 4.69. The molecule has 0 aliphatic rings. The van der Waals surface area contributed by atoms with Crippen LogP contribution in [0.3, 0.4) is 0 Å². The molecule has 5 nitrogen and oxygen atoms in total. The van der Waals surface area contributed by atoms with Crippen LogP contribution >= 0.6 is 0 Å². The highest BCUT2D eigenvalue weighted by Gasteiger charge is 2.13. The van der Waals surface area contributed by atoms with Gasteiger partial charge in [-0.15, -0.1) is 0 Å². The number of pyridine rings is 1. The average Bonchev–Trinajstić information content (AvgIpc) is 2.18. The number of ether oxygens (including phenoxy) is 2. The van der Waals surface area contributed by atoms with Crippen molar-refractivity contribution < 1.29 is 19.4 Å². The summed E-state index contributed by atoms with van der Waals surface area (Å²) in [5.41, 5.74) is 0.0419. The molecule has 0 saturated heterocycles. The zero-order valence-corrected chi connectivity index (χ0v) is 8.69. The maximum Gasteiger partial charge on any atom is 0.341 e. The molecule has 0 unspecified atom stereocenters. The molecular formula is C10H13NO4. The normalized spacial score (nSPS) is 9.73. The Bertz CT molecular complexity index is 351. The van der Waals surface area contributed by atoms with Crippen molar-refractivity contribution in [3.05, 3.63) is 17.7 Å². The molecule has 0 aromatic carbocycles. The first-order chi connectivity index (χ1) is 7.19. The van der Waals surface area contributed by atoms with Crippen molar-refractivity contribution in [3.63, 3.8) is 0 Å². The minimum Gasteiger partial charge on any atom is -0.478 e. The minimum absolute atomic E-state index is 0.0419. The lowest BCUT2D eigenvalue weighted by atomic mass is 10.3. The summed E-state index contributed by atoms with van der Waals surface area (Å²) in [5.74, 6) is -0.601. The molecule has 0 aliphatic heterocycles. The molecule has 0 spiro atoms. The van der Waals surface area contributed by atoms with Gasteiger partial charge in [0.05, 0.1) is 13.2 Å². The summed E-state index contributed by atoms with van der Waals surface area (Å²) in [7, 11) is 0. The number of carboxylic acid groups (broad SMARTS) is 1. The molecule has 0 aliphatic carbocycles. The Morgan fingerprint density at radius 1 is 1.33 bits per heavy atom. The molecule has 0 atom stereocenters. The highest BCUT2D eigenvalue weighted by Crippen LogP contribution is 2.20. The van der Waals surface area contributed by atoms with E-state index in [1.807, 2.05) is 6.92 Å². The van der Waals surface area contributed by atoms with Gasteiger partial charge in [0, 0.05) is 6.07 Å². The van der Waals surface area contributed by atoms with Crippen molar-refractivity contribution >= 4 is 5.97 Å². The van der Waals surface area contributed by atoms with Gasteiger partial charge in [0.1, 0.15) is 5.56 Å². The lowest BCUT2D eigenvalue weighted by Gasteiger charge is -2.08. The summed E-state index contributed by atoms with van der Waals surface area (Å²) in [5, 5.41) is 8.85. The zero-order valence-electron chi connectivity index (χ0n) is 8.69. The third-order valence-electron chi connectivity index (χ3n) is 1.64. The van der Waals surface area contributed by atoms with Crippen LogP contribution in [-0.4, -0.2) is 29.3 Å². The van der Waals surface area contributed by atoms with E-state index in [9.17, 15) is 4.79 Å². The van der Waals surface area contributed by atoms with Crippen LogP contribution in [0.2, 0.25) is 0 Å². The summed E-state index contributed by atoms with van der Waals surface area (Å²) in [6.45, 7) is 4.43. The van der Waals surface area contributed by atoms with Gasteiger partial charge >= 0.3 is 5.97 Å².